The third-order valence-electron chi connectivity index (χ3n) is 9.59. The van der Waals surface area contributed by atoms with Crippen molar-refractivity contribution in [1.29, 1.82) is 0 Å². The number of aromatic nitrogens is 5. The third-order valence-corrected chi connectivity index (χ3v) is 10.7. The second-order valence-electron chi connectivity index (χ2n) is 13.4. The van der Waals surface area contributed by atoms with Crippen LogP contribution in [0.4, 0.5) is 0 Å². The first-order valence-corrected chi connectivity index (χ1v) is 17.8. The predicted octanol–water partition coefficient (Wildman–Crippen LogP) is 5.16. The lowest BCUT2D eigenvalue weighted by atomic mass is 9.77. The normalized spacial score (nSPS) is 20.1. The predicted molar refractivity (Wildman–Crippen MR) is 197 cm³/mol. The van der Waals surface area contributed by atoms with Crippen LogP contribution in [0.5, 0.6) is 5.88 Å². The molecule has 12 nitrogen and oxygen atoms in total. The van der Waals surface area contributed by atoms with Gasteiger partial charge in [0.25, 0.3) is 5.56 Å². The topological polar surface area (TPSA) is 148 Å². The van der Waals surface area contributed by atoms with E-state index in [0.717, 1.165) is 6.42 Å². The van der Waals surface area contributed by atoms with Crippen LogP contribution in [0.3, 0.4) is 0 Å². The van der Waals surface area contributed by atoms with Gasteiger partial charge in [-0.05, 0) is 44.4 Å². The molecule has 266 valence electrons. The Bertz CT molecular complexity index is 2210. The van der Waals surface area contributed by atoms with Crippen LogP contribution < -0.4 is 26.2 Å². The molecule has 5 heterocycles. The molecule has 1 saturated heterocycles. The molecule has 1 amide bonds. The smallest absolute Gasteiger partial charge is 0.277 e. The summed E-state index contributed by atoms with van der Waals surface area (Å²) >= 11 is 20.9. The van der Waals surface area contributed by atoms with Crippen molar-refractivity contribution in [1.82, 2.24) is 40.1 Å². The van der Waals surface area contributed by atoms with Crippen LogP contribution in [-0.2, 0) is 24.9 Å². The van der Waals surface area contributed by atoms with E-state index in [2.05, 4.69) is 20.9 Å². The average molecular weight is 752 g/mol. The van der Waals surface area contributed by atoms with Crippen molar-refractivity contribution in [3.63, 3.8) is 0 Å². The zero-order chi connectivity index (χ0) is 36.0. The summed E-state index contributed by atoms with van der Waals surface area (Å²) in [7, 11) is 3.23. The summed E-state index contributed by atoms with van der Waals surface area (Å²) in [6, 6.07) is 11.1. The largest absolute Gasteiger partial charge is 0.481 e. The summed E-state index contributed by atoms with van der Waals surface area (Å²) < 4.78 is 8.71. The number of pyridine rings is 2. The maximum Gasteiger partial charge on any atom is 0.277 e. The van der Waals surface area contributed by atoms with E-state index < -0.39 is 5.60 Å². The molecule has 2 fully saturated rings. The molecule has 7 rings (SSSR count). The number of rotatable bonds is 11. The molecule has 51 heavy (non-hydrogen) atoms. The molecule has 4 N–H and O–H groups in total. The maximum absolute atomic E-state index is 13.3. The number of carbonyl (C=O) groups excluding carboxylic acids is 1. The zero-order valence-corrected chi connectivity index (χ0v) is 30.5. The highest BCUT2D eigenvalue weighted by Crippen LogP contribution is 2.42. The number of hydrogen-bond acceptors (Lipinski definition) is 9. The van der Waals surface area contributed by atoms with E-state index in [9.17, 15) is 14.7 Å². The Hall–Kier alpha value is -4.04. The van der Waals surface area contributed by atoms with Gasteiger partial charge in [-0.1, -0.05) is 53.0 Å². The Labute approximate surface area is 309 Å². The van der Waals surface area contributed by atoms with Crippen molar-refractivity contribution in [2.24, 2.45) is 7.05 Å². The second-order valence-corrected chi connectivity index (χ2v) is 14.6. The average Bonchev–Trinajstić information content (AvgIpc) is 3.71. The van der Waals surface area contributed by atoms with Crippen LogP contribution in [0.1, 0.15) is 44.0 Å². The summed E-state index contributed by atoms with van der Waals surface area (Å²) in [5, 5.41) is 25.6. The van der Waals surface area contributed by atoms with Gasteiger partial charge in [-0.2, -0.15) is 5.10 Å². The van der Waals surface area contributed by atoms with E-state index in [1.54, 1.807) is 42.2 Å². The molecular weight excluding hydrogens is 715 g/mol. The van der Waals surface area contributed by atoms with E-state index in [0.29, 0.717) is 110 Å². The van der Waals surface area contributed by atoms with Gasteiger partial charge >= 0.3 is 0 Å². The van der Waals surface area contributed by atoms with Gasteiger partial charge in [0.15, 0.2) is 0 Å². The maximum atomic E-state index is 13.3. The molecule has 0 unspecified atom stereocenters. The van der Waals surface area contributed by atoms with Gasteiger partial charge < -0.3 is 25.8 Å². The third kappa shape index (κ3) is 7.09. The van der Waals surface area contributed by atoms with Crippen molar-refractivity contribution in [3.8, 4) is 39.5 Å². The van der Waals surface area contributed by atoms with Crippen LogP contribution in [-0.4, -0.2) is 66.5 Å². The molecule has 1 aliphatic heterocycles. The van der Waals surface area contributed by atoms with Gasteiger partial charge in [0.2, 0.25) is 11.8 Å². The number of nitrogens with one attached hydrogen (secondary N) is 3. The highest BCUT2D eigenvalue weighted by Gasteiger charge is 2.38. The van der Waals surface area contributed by atoms with Crippen LogP contribution in [0.2, 0.25) is 15.1 Å². The molecule has 0 bridgehead atoms. The number of amides is 1. The van der Waals surface area contributed by atoms with Crippen molar-refractivity contribution in [2.45, 2.75) is 63.4 Å². The Morgan fingerprint density at radius 1 is 1.08 bits per heavy atom. The fraction of sp³-hybridized carbons (Fsp3) is 0.361. The monoisotopic (exact) mass is 750 g/mol. The summed E-state index contributed by atoms with van der Waals surface area (Å²) in [4.78, 5) is 34.2. The van der Waals surface area contributed by atoms with Crippen LogP contribution in [0.25, 0.3) is 39.2 Å². The summed E-state index contributed by atoms with van der Waals surface area (Å²) in [5.41, 5.74) is 3.76. The van der Waals surface area contributed by atoms with Crippen molar-refractivity contribution >= 4 is 46.2 Å². The number of halogens is 3. The van der Waals surface area contributed by atoms with Gasteiger partial charge in [0.1, 0.15) is 11.3 Å². The SMILES string of the molecule is COc1nc(-c2cccc(-c3ccnc(-c4cc5c(=O)n(C)c(CN[C@H]6C[C@@](C)(O)C6)nn5c4)c3Cl)c2Cl)cc(Cl)c1CNC[C@H]1CCC(=O)N1. The molecule has 1 aromatic carbocycles. The van der Waals surface area contributed by atoms with Crippen molar-refractivity contribution in [3.05, 3.63) is 85.6 Å². The highest BCUT2D eigenvalue weighted by atomic mass is 35.5. The zero-order valence-electron chi connectivity index (χ0n) is 28.3. The number of aliphatic hydroxyl groups is 1. The lowest BCUT2D eigenvalue weighted by molar-refractivity contribution is -0.119. The molecule has 0 spiro atoms. The first-order chi connectivity index (χ1) is 24.4. The Kier molecular flexibility index (Phi) is 9.83. The van der Waals surface area contributed by atoms with Gasteiger partial charge in [-0.3, -0.25) is 19.1 Å². The number of nitrogens with zero attached hydrogens (tertiary/aromatic N) is 5. The van der Waals surface area contributed by atoms with Crippen LogP contribution >= 0.6 is 34.8 Å². The molecule has 2 aliphatic rings. The minimum Gasteiger partial charge on any atom is -0.481 e. The molecule has 1 atom stereocenters. The Balaban J connectivity index is 1.16. The molecule has 5 aromatic rings. The Morgan fingerprint density at radius 2 is 1.84 bits per heavy atom. The highest BCUT2D eigenvalue weighted by molar-refractivity contribution is 6.39. The minimum absolute atomic E-state index is 0.0641. The number of hydrogen-bond donors (Lipinski definition) is 4. The van der Waals surface area contributed by atoms with Crippen molar-refractivity contribution in [2.75, 3.05) is 13.7 Å². The molecule has 15 heteroatoms. The lowest BCUT2D eigenvalue weighted by Gasteiger charge is -2.41. The van der Waals surface area contributed by atoms with E-state index in [1.165, 1.54) is 11.7 Å². The standard InChI is InChI=1S/C36H37Cl3N8O4/c1-36(50)13-21(14-36)42-17-29-45-47-18-19(11-28(47)35(49)46(29)2)33-32(39)23(9-10-41-33)22-5-4-6-24(31(22)38)27-12-26(37)25(34(44-27)51-3)16-40-15-20-7-8-30(48)43-20/h4-6,9-12,18,20-21,40,42,50H,7-8,13-17H2,1-3H3,(H,43,48)/t20-,21-,36+/m1/s1. The quantitative estimate of drug-likeness (QED) is 0.144. The number of benzene rings is 1. The lowest BCUT2D eigenvalue weighted by Crippen LogP contribution is -2.51. The first-order valence-electron chi connectivity index (χ1n) is 16.6. The van der Waals surface area contributed by atoms with Crippen molar-refractivity contribution < 1.29 is 14.6 Å². The number of methoxy groups -OCH3 is 1. The minimum atomic E-state index is -0.651. The van der Waals surface area contributed by atoms with Gasteiger partial charge in [-0.15, -0.1) is 0 Å². The summed E-state index contributed by atoms with van der Waals surface area (Å²) in [5.74, 6) is 0.988. The fourth-order valence-corrected chi connectivity index (χ4v) is 7.72. The van der Waals surface area contributed by atoms with E-state index in [1.807, 2.05) is 25.1 Å². The molecule has 1 saturated carbocycles. The van der Waals surface area contributed by atoms with E-state index >= 15 is 0 Å². The Morgan fingerprint density at radius 3 is 2.57 bits per heavy atom. The molecule has 4 aromatic heterocycles. The number of fused-ring (bicyclic) bond motifs is 1. The van der Waals surface area contributed by atoms with Gasteiger partial charge in [-0.25, -0.2) is 9.50 Å². The van der Waals surface area contributed by atoms with E-state index in [4.69, 9.17) is 49.6 Å². The van der Waals surface area contributed by atoms with Crippen LogP contribution in [0.15, 0.2) is 53.6 Å². The number of ether oxygens (including phenoxy) is 1. The number of carbonyl (C=O) groups is 1. The molecular formula is C36H37Cl3N8O4. The summed E-state index contributed by atoms with van der Waals surface area (Å²) in [6.45, 7) is 3.21. The second kappa shape index (κ2) is 14.2. The molecule has 0 radical (unpaired) electrons. The van der Waals surface area contributed by atoms with Crippen LogP contribution in [0, 0.1) is 0 Å². The molecule has 1 aliphatic carbocycles. The fourth-order valence-electron chi connectivity index (χ4n) is 6.82. The van der Waals surface area contributed by atoms with Gasteiger partial charge in [0, 0.05) is 78.9 Å². The summed E-state index contributed by atoms with van der Waals surface area (Å²) in [6.07, 6.45) is 6.01. The first kappa shape index (κ1) is 35.4. The van der Waals surface area contributed by atoms with Gasteiger partial charge in [0.05, 0.1) is 45.7 Å². The van der Waals surface area contributed by atoms with E-state index in [-0.39, 0.29) is 23.6 Å².